The molecule has 0 aliphatic carbocycles. The van der Waals surface area contributed by atoms with Crippen molar-refractivity contribution in [3.05, 3.63) is 42.0 Å². The van der Waals surface area contributed by atoms with Crippen LogP contribution in [0.15, 0.2) is 36.4 Å². The number of rotatable bonds is 12. The second-order valence-corrected chi connectivity index (χ2v) is 18.7. The van der Waals surface area contributed by atoms with E-state index < -0.39 is 25.8 Å². The van der Waals surface area contributed by atoms with E-state index in [-0.39, 0.29) is 23.2 Å². The zero-order chi connectivity index (χ0) is 29.8. The predicted molar refractivity (Wildman–Crippen MR) is 161 cm³/mol. The smallest absolute Gasteiger partial charge is 0.192 e. The van der Waals surface area contributed by atoms with Crippen LogP contribution in [0.1, 0.15) is 78.7 Å². The van der Waals surface area contributed by atoms with Gasteiger partial charge in [-0.05, 0) is 67.9 Å². The molecule has 1 aromatic rings. The molecule has 1 spiro atoms. The van der Waals surface area contributed by atoms with Crippen LogP contribution in [-0.2, 0) is 25.2 Å². The molecule has 6 atom stereocenters. The molecule has 8 heteroatoms. The van der Waals surface area contributed by atoms with Crippen LogP contribution in [0.25, 0.3) is 0 Å². The Labute approximate surface area is 243 Å². The van der Waals surface area contributed by atoms with E-state index in [9.17, 15) is 10.2 Å². The van der Waals surface area contributed by atoms with Gasteiger partial charge >= 0.3 is 0 Å². The maximum atomic E-state index is 11.2. The minimum Gasteiger partial charge on any atom is -0.497 e. The number of benzene rings is 1. The summed E-state index contributed by atoms with van der Waals surface area (Å²) in [6, 6.07) is 7.81. The molecule has 228 valence electrons. The Kier molecular flexibility index (Phi) is 11.1. The molecule has 0 aromatic heterocycles. The van der Waals surface area contributed by atoms with Gasteiger partial charge in [0.1, 0.15) is 5.75 Å². The number of ether oxygens (including phenoxy) is 4. The monoisotopic (exact) mass is 578 g/mol. The van der Waals surface area contributed by atoms with Gasteiger partial charge < -0.3 is 33.6 Å². The first-order chi connectivity index (χ1) is 18.5. The van der Waals surface area contributed by atoms with Gasteiger partial charge in [-0.3, -0.25) is 0 Å². The molecule has 2 N–H and O–H groups in total. The largest absolute Gasteiger partial charge is 0.497 e. The second kappa shape index (κ2) is 13.4. The summed E-state index contributed by atoms with van der Waals surface area (Å²) >= 11 is 0. The Bertz CT molecular complexity index is 955. The highest BCUT2D eigenvalue weighted by molar-refractivity contribution is 6.74. The lowest BCUT2D eigenvalue weighted by atomic mass is 9.80. The van der Waals surface area contributed by atoms with Crippen LogP contribution in [0, 0.1) is 5.92 Å². The molecule has 2 aliphatic rings. The molecule has 7 nitrogen and oxygen atoms in total. The highest BCUT2D eigenvalue weighted by atomic mass is 28.4. The lowest BCUT2D eigenvalue weighted by molar-refractivity contribution is -0.350. The summed E-state index contributed by atoms with van der Waals surface area (Å²) in [6.07, 6.45) is 1.94. The molecule has 0 amide bonds. The molecule has 2 aliphatic heterocycles. The van der Waals surface area contributed by atoms with E-state index in [1.54, 1.807) is 7.11 Å². The summed E-state index contributed by atoms with van der Waals surface area (Å²) < 4.78 is 30.7. The maximum Gasteiger partial charge on any atom is 0.192 e. The number of aliphatic hydroxyl groups is 2. The quantitative estimate of drug-likeness (QED) is 0.169. The van der Waals surface area contributed by atoms with Crippen molar-refractivity contribution in [2.24, 2.45) is 5.92 Å². The minimum absolute atomic E-state index is 0.155. The van der Waals surface area contributed by atoms with Crippen molar-refractivity contribution in [2.45, 2.75) is 128 Å². The van der Waals surface area contributed by atoms with Gasteiger partial charge in [0.25, 0.3) is 0 Å². The summed E-state index contributed by atoms with van der Waals surface area (Å²) in [5, 5.41) is 22.2. The average Bonchev–Trinajstić information content (AvgIpc) is 2.83. The predicted octanol–water partition coefficient (Wildman–Crippen LogP) is 6.37. The molecule has 0 bridgehead atoms. The zero-order valence-electron chi connectivity index (χ0n) is 26.1. The number of aliphatic hydroxyl groups excluding tert-OH is 1. The van der Waals surface area contributed by atoms with Gasteiger partial charge in [-0.25, -0.2) is 0 Å². The number of hydrogen-bond acceptors (Lipinski definition) is 7. The Hall–Kier alpha value is -1.26. The van der Waals surface area contributed by atoms with Gasteiger partial charge in [0.15, 0.2) is 14.1 Å². The molecule has 2 fully saturated rings. The van der Waals surface area contributed by atoms with Crippen molar-refractivity contribution in [1.82, 2.24) is 0 Å². The maximum absolute atomic E-state index is 11.2. The van der Waals surface area contributed by atoms with Gasteiger partial charge in [-0.15, -0.1) is 0 Å². The fraction of sp³-hybridized carbons (Fsp3) is 0.750. The van der Waals surface area contributed by atoms with E-state index in [1.165, 1.54) is 0 Å². The van der Waals surface area contributed by atoms with Gasteiger partial charge in [0.2, 0.25) is 0 Å². The molecular weight excluding hydrogens is 524 g/mol. The molecule has 0 radical (unpaired) electrons. The fourth-order valence-corrected chi connectivity index (χ4v) is 6.54. The third-order valence-electron chi connectivity index (χ3n) is 8.86. The Balaban J connectivity index is 1.55. The van der Waals surface area contributed by atoms with Crippen molar-refractivity contribution < 1.29 is 33.6 Å². The first-order valence-electron chi connectivity index (χ1n) is 14.8. The van der Waals surface area contributed by atoms with E-state index in [1.807, 2.05) is 31.2 Å². The van der Waals surface area contributed by atoms with Crippen LogP contribution in [-0.4, -0.2) is 68.6 Å². The second-order valence-electron chi connectivity index (χ2n) is 13.9. The molecule has 0 saturated carbocycles. The van der Waals surface area contributed by atoms with Crippen molar-refractivity contribution in [3.63, 3.8) is 0 Å². The molecule has 0 unspecified atom stereocenters. The van der Waals surface area contributed by atoms with Crippen LogP contribution < -0.4 is 4.74 Å². The molecule has 1 aromatic carbocycles. The van der Waals surface area contributed by atoms with Crippen LogP contribution in [0.4, 0.5) is 0 Å². The van der Waals surface area contributed by atoms with Gasteiger partial charge in [0.05, 0.1) is 37.6 Å². The third kappa shape index (κ3) is 9.38. The summed E-state index contributed by atoms with van der Waals surface area (Å²) in [5.41, 5.74) is 1.16. The first-order valence-corrected chi connectivity index (χ1v) is 17.7. The van der Waals surface area contributed by atoms with E-state index >= 15 is 0 Å². The van der Waals surface area contributed by atoms with Crippen molar-refractivity contribution in [3.8, 4) is 5.75 Å². The van der Waals surface area contributed by atoms with Crippen molar-refractivity contribution >= 4 is 8.32 Å². The fourth-order valence-electron chi connectivity index (χ4n) is 5.44. The Morgan fingerprint density at radius 2 is 1.80 bits per heavy atom. The highest BCUT2D eigenvalue weighted by Crippen LogP contribution is 2.45. The lowest BCUT2D eigenvalue weighted by Gasteiger charge is -2.51. The highest BCUT2D eigenvalue weighted by Gasteiger charge is 2.51. The van der Waals surface area contributed by atoms with E-state index in [0.29, 0.717) is 58.3 Å². The topological polar surface area (TPSA) is 86.6 Å². The molecule has 40 heavy (non-hydrogen) atoms. The Morgan fingerprint density at radius 3 is 2.42 bits per heavy atom. The summed E-state index contributed by atoms with van der Waals surface area (Å²) in [4.78, 5) is 0. The van der Waals surface area contributed by atoms with Gasteiger partial charge in [-0.1, -0.05) is 52.0 Å². The number of hydrogen-bond donors (Lipinski definition) is 2. The lowest BCUT2D eigenvalue weighted by Crippen LogP contribution is -2.58. The molecule has 2 heterocycles. The van der Waals surface area contributed by atoms with E-state index in [4.69, 9.17) is 23.4 Å². The number of methoxy groups -OCH3 is 1. The van der Waals surface area contributed by atoms with Crippen molar-refractivity contribution in [1.29, 1.82) is 0 Å². The summed E-state index contributed by atoms with van der Waals surface area (Å²) in [7, 11) is -0.199. The normalized spacial score (nSPS) is 30.3. The first kappa shape index (κ1) is 33.2. The van der Waals surface area contributed by atoms with Crippen LogP contribution >= 0.6 is 0 Å². The standard InChI is InChI=1S/C32H54O7Si/c1-23(24(2)20-37-40(8,9)30(3,4)5)16-29-19-31(6,34)22-32(39-29)18-26(33)17-28(38-32)14-15-36-21-25-10-12-27(35-7)13-11-25/h10-13,24,26,28-29,33-34H,1,14-22H2,2-9H3/t24-,26-,28-,29-,31-,32+/m0/s1. The van der Waals surface area contributed by atoms with E-state index in [0.717, 1.165) is 16.9 Å². The summed E-state index contributed by atoms with van der Waals surface area (Å²) in [6.45, 7) is 21.3. The van der Waals surface area contributed by atoms with Crippen LogP contribution in [0.3, 0.4) is 0 Å². The van der Waals surface area contributed by atoms with Crippen molar-refractivity contribution in [2.75, 3.05) is 20.3 Å². The molecule has 3 rings (SSSR count). The van der Waals surface area contributed by atoms with E-state index in [2.05, 4.69) is 47.4 Å². The van der Waals surface area contributed by atoms with Crippen LogP contribution in [0.2, 0.25) is 18.1 Å². The molecule has 2 saturated heterocycles. The third-order valence-corrected chi connectivity index (χ3v) is 13.4. The molecular formula is C32H54O7Si. The average molecular weight is 579 g/mol. The SMILES string of the molecule is C=C(C[C@H]1C[C@](C)(O)C[C@@]2(C[C@@H](O)C[C@H](CCOCc3ccc(OC)cc3)O2)O1)[C@@H](C)CO[Si](C)(C)C(C)(C)C. The minimum atomic E-state index is -1.85. The van der Waals surface area contributed by atoms with Gasteiger partial charge in [-0.2, -0.15) is 0 Å². The zero-order valence-corrected chi connectivity index (χ0v) is 27.1. The van der Waals surface area contributed by atoms with Crippen LogP contribution in [0.5, 0.6) is 5.75 Å². The Morgan fingerprint density at radius 1 is 1.15 bits per heavy atom. The summed E-state index contributed by atoms with van der Waals surface area (Å²) in [5.74, 6) is -0.0295. The van der Waals surface area contributed by atoms with Gasteiger partial charge in [0, 0.05) is 32.5 Å².